The molecule has 0 radical (unpaired) electrons. The molecular weight excluding hydrogens is 917 g/mol. The maximum atomic E-state index is 5.37. The van der Waals surface area contributed by atoms with E-state index in [9.17, 15) is 0 Å². The molecule has 3 saturated carbocycles. The highest BCUT2D eigenvalue weighted by molar-refractivity contribution is 6.09. The summed E-state index contributed by atoms with van der Waals surface area (Å²) >= 11 is 0. The Morgan fingerprint density at radius 1 is 0.368 bits per heavy atom. The van der Waals surface area contributed by atoms with Crippen LogP contribution in [0.2, 0.25) is 0 Å². The number of aryl methyl sites for hydroxylation is 1. The molecule has 6 atom stereocenters. The van der Waals surface area contributed by atoms with E-state index in [2.05, 4.69) is 237 Å². The first kappa shape index (κ1) is 44.1. The molecule has 0 amide bonds. The molecule has 76 heavy (non-hydrogen) atoms. The van der Waals surface area contributed by atoms with Gasteiger partial charge in [0.25, 0.3) is 0 Å². The molecule has 1 aromatic heterocycles. The standard InChI is InChI=1S/C74H58N2/c1-47-18-5-7-22-55(47)61-28-13-15-30-65(61)72-40-17-41-73-44-54(46-74(71(72)73)45-53(43-72)56-23-9-11-26-59(56)62-29-14-16-31-66(62)74)57-24-10-12-27-60(57)63-38-37-52(42-67(63)73)48-32-34-51(35-33-48)70-75-68(50-20-3-2-4-21-50)64-39-36-49-19-6-8-25-58(49)69(64)76-70/h2-16,18-39,42,53-54,71H,17,40-41,43-46H2,1H3. The van der Waals surface area contributed by atoms with E-state index >= 15 is 0 Å². The molecule has 3 fully saturated rings. The van der Waals surface area contributed by atoms with Crippen LogP contribution in [0.15, 0.2) is 231 Å². The Labute approximate surface area is 446 Å². The lowest BCUT2D eigenvalue weighted by Crippen LogP contribution is -2.66. The number of hydrogen-bond acceptors (Lipinski definition) is 2. The van der Waals surface area contributed by atoms with E-state index in [1.807, 2.05) is 0 Å². The second kappa shape index (κ2) is 16.6. The summed E-state index contributed by atoms with van der Waals surface area (Å²) in [6.45, 7) is 2.32. The largest absolute Gasteiger partial charge is 0.227 e. The highest BCUT2D eigenvalue weighted by Crippen LogP contribution is 2.77. The molecule has 10 aromatic carbocycles. The van der Waals surface area contributed by atoms with Gasteiger partial charge in [0.2, 0.25) is 0 Å². The number of benzene rings is 10. The second-order valence-corrected chi connectivity index (χ2v) is 23.3. The van der Waals surface area contributed by atoms with E-state index in [0.29, 0.717) is 17.8 Å². The average Bonchev–Trinajstić information content (AvgIpc) is 3.81. The minimum absolute atomic E-state index is 0.0864. The molecule has 364 valence electrons. The summed E-state index contributed by atoms with van der Waals surface area (Å²) in [5, 5.41) is 3.39. The van der Waals surface area contributed by atoms with Crippen LogP contribution in [0.5, 0.6) is 0 Å². The van der Waals surface area contributed by atoms with Gasteiger partial charge in [0, 0.05) is 38.1 Å². The van der Waals surface area contributed by atoms with Gasteiger partial charge in [-0.1, -0.05) is 225 Å². The third-order valence-electron chi connectivity index (χ3n) is 19.8. The van der Waals surface area contributed by atoms with Gasteiger partial charge < -0.3 is 0 Å². The summed E-state index contributed by atoms with van der Waals surface area (Å²) in [6, 6.07) is 88.2. The molecule has 0 aliphatic heterocycles. The van der Waals surface area contributed by atoms with Crippen molar-refractivity contribution in [1.82, 2.24) is 9.97 Å². The Bertz CT molecular complexity index is 4150. The molecule has 0 N–H and O–H groups in total. The van der Waals surface area contributed by atoms with Crippen LogP contribution in [0.1, 0.15) is 90.2 Å². The molecule has 6 unspecified atom stereocenters. The lowest BCUT2D eigenvalue weighted by Gasteiger charge is -2.70. The maximum absolute atomic E-state index is 5.37. The van der Waals surface area contributed by atoms with Crippen LogP contribution in [-0.2, 0) is 16.2 Å². The van der Waals surface area contributed by atoms with Gasteiger partial charge in [-0.15, -0.1) is 0 Å². The van der Waals surface area contributed by atoms with Crippen molar-refractivity contribution in [2.75, 3.05) is 0 Å². The average molecular weight is 975 g/mol. The first-order valence-corrected chi connectivity index (χ1v) is 27.9. The van der Waals surface area contributed by atoms with Gasteiger partial charge in [-0.05, 0) is 159 Å². The van der Waals surface area contributed by atoms with Crippen molar-refractivity contribution in [3.63, 3.8) is 0 Å². The lowest BCUT2D eigenvalue weighted by molar-refractivity contribution is -0.0728. The Hall–Kier alpha value is -8.20. The minimum atomic E-state index is -0.103. The van der Waals surface area contributed by atoms with E-state index < -0.39 is 0 Å². The van der Waals surface area contributed by atoms with Crippen molar-refractivity contribution in [2.24, 2.45) is 5.92 Å². The van der Waals surface area contributed by atoms with E-state index in [-0.39, 0.29) is 16.2 Å². The van der Waals surface area contributed by atoms with Gasteiger partial charge in [-0.3, -0.25) is 0 Å². The van der Waals surface area contributed by atoms with Crippen LogP contribution in [0, 0.1) is 12.8 Å². The van der Waals surface area contributed by atoms with E-state index in [4.69, 9.17) is 9.97 Å². The van der Waals surface area contributed by atoms with Crippen molar-refractivity contribution in [3.8, 4) is 67.2 Å². The highest BCUT2D eigenvalue weighted by Gasteiger charge is 2.70. The number of nitrogens with zero attached hydrogens (tertiary/aromatic N) is 2. The smallest absolute Gasteiger partial charge is 0.160 e. The molecule has 0 saturated heterocycles. The quantitative estimate of drug-likeness (QED) is 0.161. The van der Waals surface area contributed by atoms with E-state index in [1.54, 1.807) is 27.8 Å². The Morgan fingerprint density at radius 3 is 1.61 bits per heavy atom. The molecule has 2 heteroatoms. The van der Waals surface area contributed by atoms with Crippen molar-refractivity contribution < 1.29 is 0 Å². The summed E-state index contributed by atoms with van der Waals surface area (Å²) in [7, 11) is 0. The molecular formula is C74H58N2. The second-order valence-electron chi connectivity index (χ2n) is 23.3. The lowest BCUT2D eigenvalue weighted by atomic mass is 9.33. The first-order valence-electron chi connectivity index (χ1n) is 27.9. The van der Waals surface area contributed by atoms with Crippen molar-refractivity contribution in [2.45, 2.75) is 80.0 Å². The molecule has 5 aliphatic rings. The first-order chi connectivity index (χ1) is 37.5. The summed E-state index contributed by atoms with van der Waals surface area (Å²) < 4.78 is 0. The number of hydrogen-bond donors (Lipinski definition) is 0. The number of rotatable bonds is 5. The molecule has 16 rings (SSSR count). The fraction of sp³-hybridized carbons (Fsp3) is 0.189. The van der Waals surface area contributed by atoms with Crippen molar-refractivity contribution in [1.29, 1.82) is 0 Å². The summed E-state index contributed by atoms with van der Waals surface area (Å²) in [4.78, 5) is 10.7. The highest BCUT2D eigenvalue weighted by atomic mass is 14.9. The van der Waals surface area contributed by atoms with Crippen LogP contribution < -0.4 is 0 Å². The molecule has 1 heterocycles. The summed E-state index contributed by atoms with van der Waals surface area (Å²) in [5.74, 6) is 1.95. The van der Waals surface area contributed by atoms with Crippen LogP contribution in [0.25, 0.3) is 88.8 Å². The van der Waals surface area contributed by atoms with E-state index in [1.165, 1.54) is 81.1 Å². The summed E-state index contributed by atoms with van der Waals surface area (Å²) in [6.07, 6.45) is 8.23. The fourth-order valence-electron chi connectivity index (χ4n) is 17.2. The SMILES string of the molecule is Cc1ccccc1-c1ccccc1C12CCCC34CC(CC5(CC(C1)c1ccccc1-c1ccccc15)C23)c1ccccc1-c1ccc(-c2ccc(-c3nc(-c5ccccc5)c5ccc6ccccc6c5n3)cc2)cc14. The van der Waals surface area contributed by atoms with Crippen LogP contribution >= 0.6 is 0 Å². The van der Waals surface area contributed by atoms with Gasteiger partial charge >= 0.3 is 0 Å². The van der Waals surface area contributed by atoms with Gasteiger partial charge in [-0.2, -0.15) is 0 Å². The minimum Gasteiger partial charge on any atom is -0.227 e. The third-order valence-corrected chi connectivity index (χ3v) is 19.8. The monoisotopic (exact) mass is 974 g/mol. The van der Waals surface area contributed by atoms with Gasteiger partial charge in [0.15, 0.2) is 5.82 Å². The molecule has 2 nitrogen and oxygen atoms in total. The van der Waals surface area contributed by atoms with Gasteiger partial charge in [0.1, 0.15) is 0 Å². The predicted molar refractivity (Wildman–Crippen MR) is 314 cm³/mol. The van der Waals surface area contributed by atoms with Crippen molar-refractivity contribution in [3.05, 3.63) is 264 Å². The van der Waals surface area contributed by atoms with Crippen LogP contribution in [0.3, 0.4) is 0 Å². The molecule has 11 aromatic rings. The zero-order valence-electron chi connectivity index (χ0n) is 43.0. The van der Waals surface area contributed by atoms with Crippen LogP contribution in [0.4, 0.5) is 0 Å². The van der Waals surface area contributed by atoms with E-state index in [0.717, 1.165) is 58.2 Å². The van der Waals surface area contributed by atoms with Gasteiger partial charge in [0.05, 0.1) is 11.2 Å². The topological polar surface area (TPSA) is 25.8 Å². The Balaban J connectivity index is 0.919. The molecule has 2 spiro atoms. The zero-order valence-corrected chi connectivity index (χ0v) is 43.0. The Kier molecular flexibility index (Phi) is 9.67. The molecule has 4 bridgehead atoms. The molecule has 5 aliphatic carbocycles. The van der Waals surface area contributed by atoms with Crippen LogP contribution in [-0.4, -0.2) is 9.97 Å². The van der Waals surface area contributed by atoms with Crippen molar-refractivity contribution >= 4 is 21.7 Å². The normalized spacial score (nSPS) is 23.5. The maximum Gasteiger partial charge on any atom is 0.160 e. The van der Waals surface area contributed by atoms with Gasteiger partial charge in [-0.25, -0.2) is 9.97 Å². The fourth-order valence-corrected chi connectivity index (χ4v) is 17.2. The number of aromatic nitrogens is 2. The zero-order chi connectivity index (χ0) is 50.2. The predicted octanol–water partition coefficient (Wildman–Crippen LogP) is 18.8. The summed E-state index contributed by atoms with van der Waals surface area (Å²) in [5.41, 5.74) is 24.1. The third kappa shape index (κ3) is 6.28. The number of fused-ring (bicyclic) bond motifs is 13. The Morgan fingerprint density at radius 2 is 0.895 bits per heavy atom.